The maximum Gasteiger partial charge on any atom is 0.179 e. The van der Waals surface area contributed by atoms with E-state index in [4.69, 9.17) is 17.3 Å². The summed E-state index contributed by atoms with van der Waals surface area (Å²) in [6, 6.07) is 7.29. The molecule has 0 spiro atoms. The van der Waals surface area contributed by atoms with E-state index in [0.717, 1.165) is 0 Å². The van der Waals surface area contributed by atoms with E-state index in [2.05, 4.69) is 15.7 Å². The predicted octanol–water partition coefficient (Wildman–Crippen LogP) is 0.405. The average Bonchev–Trinajstić information content (AvgIpc) is 2.24. The number of ketones is 1. The van der Waals surface area contributed by atoms with E-state index in [0.29, 0.717) is 17.0 Å². The Morgan fingerprint density at radius 2 is 1.94 bits per heavy atom. The highest BCUT2D eigenvalue weighted by molar-refractivity contribution is 6.42. The summed E-state index contributed by atoms with van der Waals surface area (Å²) in [5, 5.41) is 0.455. The van der Waals surface area contributed by atoms with Gasteiger partial charge in [0.15, 0.2) is 5.78 Å². The van der Waals surface area contributed by atoms with Crippen LogP contribution in [0.25, 0.3) is 0 Å². The standard InChI is InChI=1S/C12H14B2ClNO/c13-11(14)6-5-10(17)12(16,7-11)8-3-1-2-4-9(8)15/h1-6H,7,13-14,16H2. The van der Waals surface area contributed by atoms with Crippen LogP contribution in [0.3, 0.4) is 0 Å². The number of hydrogen-bond acceptors (Lipinski definition) is 2. The lowest BCUT2D eigenvalue weighted by molar-refractivity contribution is -0.120. The summed E-state index contributed by atoms with van der Waals surface area (Å²) in [6.45, 7) is 0. The zero-order chi connectivity index (χ0) is 12.7. The van der Waals surface area contributed by atoms with Gasteiger partial charge in [-0.3, -0.25) is 4.79 Å². The van der Waals surface area contributed by atoms with Gasteiger partial charge in [-0.15, -0.1) is 0 Å². The number of rotatable bonds is 1. The van der Waals surface area contributed by atoms with E-state index < -0.39 is 5.54 Å². The molecular weight excluding hydrogens is 231 g/mol. The lowest BCUT2D eigenvalue weighted by Gasteiger charge is -2.38. The van der Waals surface area contributed by atoms with Crippen LogP contribution in [-0.4, -0.2) is 21.5 Å². The van der Waals surface area contributed by atoms with Crippen LogP contribution < -0.4 is 5.73 Å². The van der Waals surface area contributed by atoms with E-state index in [-0.39, 0.29) is 11.0 Å². The van der Waals surface area contributed by atoms with Crippen molar-refractivity contribution in [3.05, 3.63) is 47.0 Å². The highest BCUT2D eigenvalue weighted by Gasteiger charge is 2.42. The van der Waals surface area contributed by atoms with Crippen LogP contribution >= 0.6 is 11.6 Å². The molecule has 2 N–H and O–H groups in total. The molecule has 2 nitrogen and oxygen atoms in total. The molecule has 1 aromatic rings. The van der Waals surface area contributed by atoms with Gasteiger partial charge in [0.05, 0.1) is 0 Å². The Hall–Kier alpha value is -0.990. The van der Waals surface area contributed by atoms with Gasteiger partial charge in [-0.2, -0.15) is 0 Å². The van der Waals surface area contributed by atoms with Crippen molar-refractivity contribution in [3.63, 3.8) is 0 Å². The summed E-state index contributed by atoms with van der Waals surface area (Å²) < 4.78 is 0. The summed E-state index contributed by atoms with van der Waals surface area (Å²) in [4.78, 5) is 12.1. The molecule has 0 bridgehead atoms. The molecule has 1 aromatic carbocycles. The van der Waals surface area contributed by atoms with Gasteiger partial charge in [0.2, 0.25) is 0 Å². The Labute approximate surface area is 108 Å². The second-order valence-corrected chi connectivity index (χ2v) is 5.72. The first-order valence-electron chi connectivity index (χ1n) is 5.63. The SMILES string of the molecule is BC1(B)C=CC(=O)C(N)(c2ccccc2Cl)C1. The van der Waals surface area contributed by atoms with Crippen molar-refractivity contribution < 1.29 is 4.79 Å². The van der Waals surface area contributed by atoms with E-state index >= 15 is 0 Å². The van der Waals surface area contributed by atoms with Crippen LogP contribution in [-0.2, 0) is 10.3 Å². The molecule has 1 aliphatic carbocycles. The monoisotopic (exact) mass is 245 g/mol. The minimum Gasteiger partial charge on any atom is -0.315 e. The maximum absolute atomic E-state index is 12.1. The first-order chi connectivity index (χ1) is 7.85. The number of nitrogens with two attached hydrogens (primary N) is 1. The molecule has 5 heteroatoms. The highest BCUT2D eigenvalue weighted by Crippen LogP contribution is 2.41. The fourth-order valence-electron chi connectivity index (χ4n) is 2.37. The van der Waals surface area contributed by atoms with Gasteiger partial charge < -0.3 is 5.73 Å². The molecule has 0 radical (unpaired) electrons. The molecule has 0 amide bonds. The molecule has 0 heterocycles. The van der Waals surface area contributed by atoms with Crippen molar-refractivity contribution in [1.82, 2.24) is 0 Å². The highest BCUT2D eigenvalue weighted by atomic mass is 35.5. The Morgan fingerprint density at radius 1 is 1.29 bits per heavy atom. The summed E-state index contributed by atoms with van der Waals surface area (Å²) in [5.74, 6) is -0.0788. The molecule has 0 saturated heterocycles. The van der Waals surface area contributed by atoms with Gasteiger partial charge in [0, 0.05) is 5.02 Å². The number of halogens is 1. The third-order valence-corrected chi connectivity index (χ3v) is 3.54. The van der Waals surface area contributed by atoms with Crippen LogP contribution in [0.2, 0.25) is 10.2 Å². The molecule has 1 aliphatic rings. The minimum absolute atomic E-state index is 0.0788. The summed E-state index contributed by atoms with van der Waals surface area (Å²) in [7, 11) is 4.13. The second kappa shape index (κ2) is 4.04. The molecule has 0 aromatic heterocycles. The Bertz CT molecular complexity index is 501. The molecule has 17 heavy (non-hydrogen) atoms. The topological polar surface area (TPSA) is 43.1 Å². The van der Waals surface area contributed by atoms with Gasteiger partial charge in [0.1, 0.15) is 21.2 Å². The van der Waals surface area contributed by atoms with Crippen molar-refractivity contribution in [2.45, 2.75) is 17.2 Å². The number of hydrogen-bond donors (Lipinski definition) is 1. The third-order valence-electron chi connectivity index (χ3n) is 3.21. The fourth-order valence-corrected chi connectivity index (χ4v) is 2.67. The fraction of sp³-hybridized carbons (Fsp3) is 0.250. The third kappa shape index (κ3) is 2.20. The van der Waals surface area contributed by atoms with E-state index in [9.17, 15) is 4.79 Å². The first-order valence-corrected chi connectivity index (χ1v) is 6.00. The molecule has 0 aliphatic heterocycles. The summed E-state index contributed by atoms with van der Waals surface area (Å²) in [5.41, 5.74) is 6.02. The van der Waals surface area contributed by atoms with E-state index in [1.807, 2.05) is 24.3 Å². The zero-order valence-corrected chi connectivity index (χ0v) is 10.8. The molecule has 2 rings (SSSR count). The van der Waals surface area contributed by atoms with Crippen LogP contribution in [0.15, 0.2) is 36.4 Å². The Kier molecular flexibility index (Phi) is 2.96. The lowest BCUT2D eigenvalue weighted by Crippen LogP contribution is -2.49. The molecule has 1 atom stereocenters. The van der Waals surface area contributed by atoms with Gasteiger partial charge in [-0.25, -0.2) is 0 Å². The van der Waals surface area contributed by atoms with Crippen LogP contribution in [0, 0.1) is 0 Å². The number of carbonyl (C=O) groups excluding carboxylic acids is 1. The largest absolute Gasteiger partial charge is 0.315 e. The summed E-state index contributed by atoms with van der Waals surface area (Å²) >= 11 is 6.15. The molecular formula is C12H14B2ClNO. The Balaban J connectivity index is 2.53. The maximum atomic E-state index is 12.1. The normalized spacial score (nSPS) is 27.1. The van der Waals surface area contributed by atoms with Crippen molar-refractivity contribution in [2.24, 2.45) is 5.73 Å². The van der Waals surface area contributed by atoms with Gasteiger partial charge in [-0.05, 0) is 24.1 Å². The molecule has 0 saturated carbocycles. The zero-order valence-electron chi connectivity index (χ0n) is 10.0. The lowest BCUT2D eigenvalue weighted by atomic mass is 9.47. The van der Waals surface area contributed by atoms with Crippen molar-refractivity contribution in [1.29, 1.82) is 0 Å². The minimum atomic E-state index is -1.00. The second-order valence-electron chi connectivity index (χ2n) is 5.31. The van der Waals surface area contributed by atoms with Crippen molar-refractivity contribution >= 4 is 33.1 Å². The van der Waals surface area contributed by atoms with Crippen molar-refractivity contribution in [3.8, 4) is 0 Å². The summed E-state index contributed by atoms with van der Waals surface area (Å²) in [6.07, 6.45) is 4.06. The van der Waals surface area contributed by atoms with Crippen LogP contribution in [0.5, 0.6) is 0 Å². The molecule has 1 unspecified atom stereocenters. The smallest absolute Gasteiger partial charge is 0.179 e. The average molecular weight is 245 g/mol. The van der Waals surface area contributed by atoms with Crippen molar-refractivity contribution in [2.75, 3.05) is 0 Å². The molecule has 0 fully saturated rings. The number of carbonyl (C=O) groups is 1. The quantitative estimate of drug-likeness (QED) is 0.728. The predicted molar refractivity (Wildman–Crippen MR) is 75.9 cm³/mol. The number of benzene rings is 1. The molecule has 86 valence electrons. The first kappa shape index (κ1) is 12.5. The van der Waals surface area contributed by atoms with Crippen LogP contribution in [0.1, 0.15) is 12.0 Å². The van der Waals surface area contributed by atoms with E-state index in [1.54, 1.807) is 12.1 Å². The van der Waals surface area contributed by atoms with E-state index in [1.165, 1.54) is 0 Å². The van der Waals surface area contributed by atoms with Crippen LogP contribution in [0.4, 0.5) is 0 Å². The van der Waals surface area contributed by atoms with Gasteiger partial charge in [0.25, 0.3) is 0 Å². The number of allylic oxidation sites excluding steroid dienone is 1. The van der Waals surface area contributed by atoms with Gasteiger partial charge in [-0.1, -0.05) is 41.1 Å². The van der Waals surface area contributed by atoms with Gasteiger partial charge >= 0.3 is 0 Å². The Morgan fingerprint density at radius 3 is 2.59 bits per heavy atom.